The molecule has 0 fully saturated rings. The number of rotatable bonds is 4. The first-order valence-corrected chi connectivity index (χ1v) is 7.67. The summed E-state index contributed by atoms with van der Waals surface area (Å²) in [5.41, 5.74) is 7.72. The van der Waals surface area contributed by atoms with Gasteiger partial charge in [-0.1, -0.05) is 12.1 Å². The van der Waals surface area contributed by atoms with Gasteiger partial charge in [0.25, 0.3) is 0 Å². The van der Waals surface area contributed by atoms with E-state index in [9.17, 15) is 14.6 Å². The maximum Gasteiger partial charge on any atom is 0.526 e. The molecule has 122 valence electrons. The highest BCUT2D eigenvalue weighted by atomic mass is 16.5. The van der Waals surface area contributed by atoms with E-state index in [4.69, 9.17) is 10.4 Å². The molecule has 1 atom stereocenters. The zero-order valence-electron chi connectivity index (χ0n) is 13.2. The van der Waals surface area contributed by atoms with Gasteiger partial charge in [0.15, 0.2) is 11.6 Å². The molecule has 0 saturated carbocycles. The van der Waals surface area contributed by atoms with Gasteiger partial charge in [0.1, 0.15) is 5.75 Å². The number of nitrogen functional groups attached to an aromatic ring is 1. The van der Waals surface area contributed by atoms with Crippen molar-refractivity contribution in [3.8, 4) is 5.75 Å². The van der Waals surface area contributed by atoms with Crippen LogP contribution in [0.2, 0.25) is 5.82 Å². The van der Waals surface area contributed by atoms with Crippen molar-refractivity contribution in [1.82, 2.24) is 4.98 Å². The summed E-state index contributed by atoms with van der Waals surface area (Å²) in [5, 5.41) is 10.2. The van der Waals surface area contributed by atoms with E-state index in [2.05, 4.69) is 4.98 Å². The maximum atomic E-state index is 12.4. The molecule has 1 aromatic heterocycles. The third-order valence-electron chi connectivity index (χ3n) is 4.13. The molecule has 2 aromatic rings. The maximum absolute atomic E-state index is 12.4. The number of aromatic nitrogens is 1. The summed E-state index contributed by atoms with van der Waals surface area (Å²) in [4.78, 5) is 28.0. The van der Waals surface area contributed by atoms with Gasteiger partial charge in [-0.25, -0.2) is 0 Å². The van der Waals surface area contributed by atoms with Gasteiger partial charge in [-0.05, 0) is 31.0 Å². The fraction of sp³-hybridized carbons (Fsp3) is 0.235. The number of pyridine rings is 1. The van der Waals surface area contributed by atoms with Gasteiger partial charge in [-0.2, -0.15) is 0 Å². The molecule has 1 aliphatic heterocycles. The van der Waals surface area contributed by atoms with Crippen LogP contribution in [-0.2, 0) is 6.42 Å². The van der Waals surface area contributed by atoms with Crippen LogP contribution in [-0.4, -0.2) is 28.7 Å². The number of ketones is 2. The first-order chi connectivity index (χ1) is 11.5. The zero-order chi connectivity index (χ0) is 17.3. The number of nitrogens with zero attached hydrogens (tertiary/aromatic N) is 1. The van der Waals surface area contributed by atoms with Crippen LogP contribution in [0, 0.1) is 0 Å². The summed E-state index contributed by atoms with van der Waals surface area (Å²) < 4.78 is 5.54. The minimum atomic E-state index is -1.14. The number of hydrogen-bond donors (Lipinski definition) is 2. The number of anilines is 1. The third kappa shape index (κ3) is 3.16. The molecule has 0 aliphatic carbocycles. The van der Waals surface area contributed by atoms with Gasteiger partial charge in [0.2, 0.25) is 0 Å². The average molecular weight is 324 g/mol. The highest BCUT2D eigenvalue weighted by Gasteiger charge is 2.37. The molecule has 0 radical (unpaired) electrons. The van der Waals surface area contributed by atoms with Crippen LogP contribution in [0.15, 0.2) is 36.7 Å². The number of hydrogen-bond acceptors (Lipinski definition) is 6. The van der Waals surface area contributed by atoms with E-state index in [1.54, 1.807) is 18.2 Å². The average Bonchev–Trinajstić information content (AvgIpc) is 2.54. The molecule has 3 rings (SSSR count). The number of Topliss-reactive ketones (excluding diaryl/α,β-unsaturated/α-hetero) is 2. The highest BCUT2D eigenvalue weighted by Crippen LogP contribution is 2.36. The number of benzene rings is 1. The summed E-state index contributed by atoms with van der Waals surface area (Å²) in [6.07, 6.45) is 3.49. The Morgan fingerprint density at radius 2 is 2.21 bits per heavy atom. The lowest BCUT2D eigenvalue weighted by Gasteiger charge is -2.28. The summed E-state index contributed by atoms with van der Waals surface area (Å²) in [6, 6.07) is 6.84. The van der Waals surface area contributed by atoms with Gasteiger partial charge in [0.05, 0.1) is 11.3 Å². The zero-order valence-corrected chi connectivity index (χ0v) is 13.2. The molecule has 0 unspecified atom stereocenters. The Balaban J connectivity index is 1.81. The Morgan fingerprint density at radius 3 is 2.92 bits per heavy atom. The number of carbonyl (C=O) groups is 2. The Kier molecular flexibility index (Phi) is 4.35. The van der Waals surface area contributed by atoms with E-state index in [-0.39, 0.29) is 18.0 Å². The van der Waals surface area contributed by atoms with Crippen LogP contribution < -0.4 is 10.4 Å². The molecule has 0 saturated heterocycles. The molecule has 2 heterocycles. The van der Waals surface area contributed by atoms with E-state index in [1.807, 2.05) is 6.07 Å². The second-order valence-corrected chi connectivity index (χ2v) is 5.96. The summed E-state index contributed by atoms with van der Waals surface area (Å²) in [7, 11) is -1.14. The van der Waals surface area contributed by atoms with Crippen LogP contribution in [0.1, 0.15) is 39.6 Å². The molecule has 0 bridgehead atoms. The van der Waals surface area contributed by atoms with Crippen molar-refractivity contribution < 1.29 is 19.3 Å². The molecular weight excluding hydrogens is 307 g/mol. The Bertz CT molecular complexity index is 809. The van der Waals surface area contributed by atoms with E-state index in [0.717, 1.165) is 5.56 Å². The van der Waals surface area contributed by atoms with Gasteiger partial charge in [-0.15, -0.1) is 0 Å². The molecule has 0 amide bonds. The highest BCUT2D eigenvalue weighted by molar-refractivity contribution is 6.47. The third-order valence-corrected chi connectivity index (χ3v) is 4.13. The van der Waals surface area contributed by atoms with E-state index in [1.165, 1.54) is 19.3 Å². The molecule has 24 heavy (non-hydrogen) atoms. The largest absolute Gasteiger partial charge is 0.535 e. The van der Waals surface area contributed by atoms with Gasteiger partial charge < -0.3 is 15.4 Å². The van der Waals surface area contributed by atoms with E-state index in [0.29, 0.717) is 29.0 Å². The van der Waals surface area contributed by atoms with Gasteiger partial charge in [-0.3, -0.25) is 14.6 Å². The predicted octanol–water partition coefficient (Wildman–Crippen LogP) is 1.92. The van der Waals surface area contributed by atoms with Crippen LogP contribution in [0.4, 0.5) is 5.69 Å². The van der Waals surface area contributed by atoms with Crippen molar-refractivity contribution in [2.75, 3.05) is 5.73 Å². The van der Waals surface area contributed by atoms with Gasteiger partial charge in [0, 0.05) is 30.2 Å². The predicted molar refractivity (Wildman–Crippen MR) is 90.1 cm³/mol. The van der Waals surface area contributed by atoms with Gasteiger partial charge >= 0.3 is 7.12 Å². The fourth-order valence-electron chi connectivity index (χ4n) is 2.90. The smallest absolute Gasteiger partial charge is 0.526 e. The van der Waals surface area contributed by atoms with Crippen LogP contribution in [0.3, 0.4) is 0 Å². The molecular formula is C17H17BN2O4. The molecule has 1 aromatic carbocycles. The first kappa shape index (κ1) is 16.2. The van der Waals surface area contributed by atoms with Crippen molar-refractivity contribution in [3.63, 3.8) is 0 Å². The second kappa shape index (κ2) is 6.45. The van der Waals surface area contributed by atoms with E-state index >= 15 is 0 Å². The van der Waals surface area contributed by atoms with Crippen molar-refractivity contribution in [2.24, 2.45) is 0 Å². The number of carbonyl (C=O) groups excluding carboxylic acids is 2. The number of para-hydroxylation sites is 1. The van der Waals surface area contributed by atoms with Crippen molar-refractivity contribution >= 4 is 24.4 Å². The summed E-state index contributed by atoms with van der Waals surface area (Å²) in [5.74, 6) is -0.270. The van der Waals surface area contributed by atoms with Crippen molar-refractivity contribution in [2.45, 2.75) is 25.6 Å². The molecule has 1 aliphatic rings. The van der Waals surface area contributed by atoms with Crippen LogP contribution >= 0.6 is 0 Å². The summed E-state index contributed by atoms with van der Waals surface area (Å²) >= 11 is 0. The minimum Gasteiger partial charge on any atom is -0.535 e. The molecule has 3 N–H and O–H groups in total. The monoisotopic (exact) mass is 324 g/mol. The standard InChI is InChI=1S/C17H17BN2O4/c1-10(21)15-4-2-3-11-5-13(18(23)24-17(11)15)7-16(22)12-6-14(19)9-20-8-12/h2-4,6,8-9,13,23H,5,7,19H2,1H3/t13-/m1/s1. The van der Waals surface area contributed by atoms with Crippen LogP contribution in [0.5, 0.6) is 5.75 Å². The number of nitrogens with two attached hydrogens (primary N) is 1. The van der Waals surface area contributed by atoms with E-state index < -0.39 is 12.9 Å². The summed E-state index contributed by atoms with van der Waals surface area (Å²) in [6.45, 7) is 1.45. The van der Waals surface area contributed by atoms with Crippen molar-refractivity contribution in [3.05, 3.63) is 53.3 Å². The fourth-order valence-corrected chi connectivity index (χ4v) is 2.90. The SMILES string of the molecule is CC(=O)c1cccc2c1OB(O)[C@@H](CC(=O)c1cncc(N)c1)C2. The Labute approximate surface area is 139 Å². The number of fused-ring (bicyclic) bond motifs is 1. The quantitative estimate of drug-likeness (QED) is 0.658. The lowest BCUT2D eigenvalue weighted by atomic mass is 9.64. The first-order valence-electron chi connectivity index (χ1n) is 7.67. The minimum absolute atomic E-state index is 0.107. The second-order valence-electron chi connectivity index (χ2n) is 5.96. The van der Waals surface area contributed by atoms with Crippen LogP contribution in [0.25, 0.3) is 0 Å². The Morgan fingerprint density at radius 1 is 1.42 bits per heavy atom. The normalized spacial score (nSPS) is 16.2. The van der Waals surface area contributed by atoms with Crippen molar-refractivity contribution in [1.29, 1.82) is 0 Å². The Hall–Kier alpha value is -2.67. The molecule has 6 nitrogen and oxygen atoms in total. The lowest BCUT2D eigenvalue weighted by molar-refractivity contribution is 0.0971. The molecule has 7 heteroatoms. The lowest BCUT2D eigenvalue weighted by Crippen LogP contribution is -2.35. The topological polar surface area (TPSA) is 103 Å². The molecule has 0 spiro atoms.